The van der Waals surface area contributed by atoms with E-state index in [9.17, 15) is 13.8 Å². The molecule has 2 aromatic carbocycles. The van der Waals surface area contributed by atoms with Gasteiger partial charge in [-0.2, -0.15) is 0 Å². The summed E-state index contributed by atoms with van der Waals surface area (Å²) < 4.78 is 11.3. The van der Waals surface area contributed by atoms with Crippen molar-refractivity contribution >= 4 is 28.2 Å². The standard InChI is InChI=1S/C17H17NO3S/c1-12(19)14-6-8-16(9-7-14)18-17(20)15-5-3-4-13(10-15)11-22(2)21/h3-10H,11H2,1-2H3,(H,18,20). The molecule has 114 valence electrons. The molecular weight excluding hydrogens is 298 g/mol. The van der Waals surface area contributed by atoms with E-state index in [-0.39, 0.29) is 11.7 Å². The third-order valence-corrected chi connectivity index (χ3v) is 3.85. The van der Waals surface area contributed by atoms with Gasteiger partial charge in [0.2, 0.25) is 0 Å². The van der Waals surface area contributed by atoms with E-state index in [1.54, 1.807) is 48.7 Å². The lowest BCUT2D eigenvalue weighted by Crippen LogP contribution is -2.12. The number of anilines is 1. The van der Waals surface area contributed by atoms with Gasteiger partial charge in [-0.25, -0.2) is 0 Å². The second kappa shape index (κ2) is 7.13. The van der Waals surface area contributed by atoms with Gasteiger partial charge in [0.15, 0.2) is 5.78 Å². The number of ketones is 1. The number of benzene rings is 2. The van der Waals surface area contributed by atoms with Gasteiger partial charge in [-0.15, -0.1) is 0 Å². The van der Waals surface area contributed by atoms with Crippen LogP contribution < -0.4 is 5.32 Å². The monoisotopic (exact) mass is 315 g/mol. The minimum atomic E-state index is -0.947. The first kappa shape index (κ1) is 16.1. The van der Waals surface area contributed by atoms with Crippen LogP contribution in [-0.2, 0) is 16.6 Å². The Morgan fingerprint density at radius 2 is 1.73 bits per heavy atom. The second-order valence-corrected chi connectivity index (χ2v) is 6.44. The van der Waals surface area contributed by atoms with Crippen molar-refractivity contribution in [3.63, 3.8) is 0 Å². The van der Waals surface area contributed by atoms with Crippen molar-refractivity contribution in [1.29, 1.82) is 0 Å². The molecule has 1 unspecified atom stereocenters. The topological polar surface area (TPSA) is 63.2 Å². The maximum atomic E-state index is 12.2. The molecule has 1 amide bonds. The summed E-state index contributed by atoms with van der Waals surface area (Å²) in [6, 6.07) is 13.8. The highest BCUT2D eigenvalue weighted by Crippen LogP contribution is 2.13. The molecule has 22 heavy (non-hydrogen) atoms. The number of amides is 1. The quantitative estimate of drug-likeness (QED) is 0.863. The van der Waals surface area contributed by atoms with Crippen molar-refractivity contribution in [3.05, 3.63) is 65.2 Å². The van der Waals surface area contributed by atoms with Crippen LogP contribution in [0.5, 0.6) is 0 Å². The first-order valence-electron chi connectivity index (χ1n) is 6.77. The fourth-order valence-corrected chi connectivity index (χ4v) is 2.68. The highest BCUT2D eigenvalue weighted by Gasteiger charge is 2.08. The maximum Gasteiger partial charge on any atom is 0.255 e. The van der Waals surface area contributed by atoms with Crippen molar-refractivity contribution in [2.75, 3.05) is 11.6 Å². The van der Waals surface area contributed by atoms with Crippen LogP contribution in [0.25, 0.3) is 0 Å². The van der Waals surface area contributed by atoms with E-state index in [0.29, 0.717) is 22.6 Å². The van der Waals surface area contributed by atoms with Gasteiger partial charge in [0, 0.05) is 39.6 Å². The van der Waals surface area contributed by atoms with Gasteiger partial charge in [-0.05, 0) is 48.9 Å². The fourth-order valence-electron chi connectivity index (χ4n) is 2.03. The molecule has 1 atom stereocenters. The molecule has 2 rings (SSSR count). The number of carbonyl (C=O) groups excluding carboxylic acids is 2. The lowest BCUT2D eigenvalue weighted by molar-refractivity contribution is 0.101. The molecule has 0 aliphatic rings. The van der Waals surface area contributed by atoms with E-state index in [2.05, 4.69) is 5.32 Å². The SMILES string of the molecule is CC(=O)c1ccc(NC(=O)c2cccc(CS(C)=O)c2)cc1. The summed E-state index contributed by atoms with van der Waals surface area (Å²) in [5.41, 5.74) is 2.60. The number of carbonyl (C=O) groups is 2. The molecule has 0 saturated carbocycles. The van der Waals surface area contributed by atoms with Crippen LogP contribution in [0.3, 0.4) is 0 Å². The van der Waals surface area contributed by atoms with Crippen LogP contribution in [0.2, 0.25) is 0 Å². The van der Waals surface area contributed by atoms with Crippen molar-refractivity contribution in [1.82, 2.24) is 0 Å². The smallest absolute Gasteiger partial charge is 0.255 e. The molecule has 0 heterocycles. The van der Waals surface area contributed by atoms with Crippen LogP contribution >= 0.6 is 0 Å². The average molecular weight is 315 g/mol. The second-order valence-electron chi connectivity index (χ2n) is 5.01. The van der Waals surface area contributed by atoms with Crippen molar-refractivity contribution in [2.24, 2.45) is 0 Å². The van der Waals surface area contributed by atoms with E-state index in [1.807, 2.05) is 6.07 Å². The predicted molar refractivity (Wildman–Crippen MR) is 88.6 cm³/mol. The zero-order valence-electron chi connectivity index (χ0n) is 12.5. The summed E-state index contributed by atoms with van der Waals surface area (Å²) in [4.78, 5) is 23.4. The zero-order chi connectivity index (χ0) is 16.1. The van der Waals surface area contributed by atoms with Crippen LogP contribution in [0.4, 0.5) is 5.69 Å². The zero-order valence-corrected chi connectivity index (χ0v) is 13.3. The van der Waals surface area contributed by atoms with Crippen molar-refractivity contribution in [3.8, 4) is 0 Å². The number of hydrogen-bond acceptors (Lipinski definition) is 3. The Morgan fingerprint density at radius 1 is 1.05 bits per heavy atom. The average Bonchev–Trinajstić information content (AvgIpc) is 2.47. The Kier molecular flexibility index (Phi) is 5.22. The number of rotatable bonds is 5. The minimum absolute atomic E-state index is 0.0156. The summed E-state index contributed by atoms with van der Waals surface area (Å²) in [5, 5.41) is 2.78. The summed E-state index contributed by atoms with van der Waals surface area (Å²) in [6.45, 7) is 1.50. The first-order chi connectivity index (χ1) is 10.5. The van der Waals surface area contributed by atoms with E-state index in [0.717, 1.165) is 5.56 Å². The number of hydrogen-bond donors (Lipinski definition) is 1. The van der Waals surface area contributed by atoms with Gasteiger partial charge in [0.05, 0.1) is 0 Å². The first-order valence-corrected chi connectivity index (χ1v) is 8.50. The molecule has 5 heteroatoms. The predicted octanol–water partition coefficient (Wildman–Crippen LogP) is 3.02. The Balaban J connectivity index is 2.11. The molecule has 1 N–H and O–H groups in total. The van der Waals surface area contributed by atoms with Gasteiger partial charge in [0.25, 0.3) is 5.91 Å². The molecule has 0 aromatic heterocycles. The van der Waals surface area contributed by atoms with Gasteiger partial charge in [-0.3, -0.25) is 13.8 Å². The van der Waals surface area contributed by atoms with E-state index in [1.165, 1.54) is 6.92 Å². The van der Waals surface area contributed by atoms with Crippen LogP contribution in [-0.4, -0.2) is 22.2 Å². The number of nitrogens with one attached hydrogen (secondary N) is 1. The Bertz CT molecular complexity index is 723. The third-order valence-electron chi connectivity index (χ3n) is 3.11. The summed E-state index contributed by atoms with van der Waals surface area (Å²) in [6.07, 6.45) is 1.63. The van der Waals surface area contributed by atoms with Gasteiger partial charge in [0.1, 0.15) is 0 Å². The molecule has 0 bridgehead atoms. The van der Waals surface area contributed by atoms with Crippen LogP contribution in [0.15, 0.2) is 48.5 Å². The Labute approximate surface area is 132 Å². The molecule has 0 saturated heterocycles. The lowest BCUT2D eigenvalue weighted by Gasteiger charge is -2.07. The van der Waals surface area contributed by atoms with Crippen molar-refractivity contribution < 1.29 is 13.8 Å². The summed E-state index contributed by atoms with van der Waals surface area (Å²) >= 11 is 0. The highest BCUT2D eigenvalue weighted by atomic mass is 32.2. The third kappa shape index (κ3) is 4.36. The Hall–Kier alpha value is -2.27. The van der Waals surface area contributed by atoms with Gasteiger partial charge >= 0.3 is 0 Å². The number of Topliss-reactive ketones (excluding diaryl/α,β-unsaturated/α-hetero) is 1. The fraction of sp³-hybridized carbons (Fsp3) is 0.176. The highest BCUT2D eigenvalue weighted by molar-refractivity contribution is 7.83. The Morgan fingerprint density at radius 3 is 2.32 bits per heavy atom. The molecule has 0 radical (unpaired) electrons. The van der Waals surface area contributed by atoms with Gasteiger partial charge < -0.3 is 5.32 Å². The molecule has 4 nitrogen and oxygen atoms in total. The maximum absolute atomic E-state index is 12.2. The van der Waals surface area contributed by atoms with E-state index in [4.69, 9.17) is 0 Å². The summed E-state index contributed by atoms with van der Waals surface area (Å²) in [7, 11) is -0.947. The molecule has 0 aliphatic heterocycles. The van der Waals surface area contributed by atoms with Crippen molar-refractivity contribution in [2.45, 2.75) is 12.7 Å². The van der Waals surface area contributed by atoms with Gasteiger partial charge in [-0.1, -0.05) is 12.1 Å². The lowest BCUT2D eigenvalue weighted by atomic mass is 10.1. The molecule has 0 spiro atoms. The van der Waals surface area contributed by atoms with E-state index >= 15 is 0 Å². The largest absolute Gasteiger partial charge is 0.322 e. The van der Waals surface area contributed by atoms with E-state index < -0.39 is 10.8 Å². The van der Waals surface area contributed by atoms with Crippen LogP contribution in [0, 0.1) is 0 Å². The molecule has 0 fully saturated rings. The minimum Gasteiger partial charge on any atom is -0.322 e. The normalized spacial score (nSPS) is 11.7. The summed E-state index contributed by atoms with van der Waals surface area (Å²) in [5.74, 6) is 0.173. The molecular formula is C17H17NO3S. The molecule has 0 aliphatic carbocycles. The molecule has 2 aromatic rings. The van der Waals surface area contributed by atoms with Crippen LogP contribution in [0.1, 0.15) is 33.2 Å².